The molecular weight excluding hydrogens is 408 g/mol. The molecule has 31 heavy (non-hydrogen) atoms. The van der Waals surface area contributed by atoms with Gasteiger partial charge in [-0.25, -0.2) is 0 Å². The van der Waals surface area contributed by atoms with Crippen LogP contribution in [0.5, 0.6) is 11.5 Å². The van der Waals surface area contributed by atoms with E-state index in [1.54, 1.807) is 12.0 Å². The van der Waals surface area contributed by atoms with Crippen molar-refractivity contribution in [2.45, 2.75) is 51.0 Å². The predicted octanol–water partition coefficient (Wildman–Crippen LogP) is 4.82. The first-order valence-electron chi connectivity index (χ1n) is 11.5. The molecule has 2 heterocycles. The maximum atomic E-state index is 12.3. The summed E-state index contributed by atoms with van der Waals surface area (Å²) in [6, 6.07) is 12.1. The van der Waals surface area contributed by atoms with E-state index in [0.717, 1.165) is 25.6 Å². The molecule has 1 aromatic carbocycles. The monoisotopic (exact) mass is 442 g/mol. The van der Waals surface area contributed by atoms with Gasteiger partial charge in [0.15, 0.2) is 18.1 Å². The number of nitrogens with zero attached hydrogens (tertiary/aromatic N) is 1. The summed E-state index contributed by atoms with van der Waals surface area (Å²) < 4.78 is 10.9. The number of likely N-dealkylation sites (tertiary alicyclic amines) is 1. The summed E-state index contributed by atoms with van der Waals surface area (Å²) in [5.74, 6) is 2.46. The summed E-state index contributed by atoms with van der Waals surface area (Å²) in [6.07, 6.45) is 7.88. The number of carbonyl (C=O) groups is 1. The number of rotatable bonds is 9. The summed E-state index contributed by atoms with van der Waals surface area (Å²) in [5.41, 5.74) is 0. The Hall–Kier alpha value is -2.05. The smallest absolute Gasteiger partial charge is 0.257 e. The molecule has 1 aliphatic heterocycles. The Morgan fingerprint density at radius 3 is 2.71 bits per heavy atom. The van der Waals surface area contributed by atoms with E-state index in [1.807, 2.05) is 35.6 Å². The molecule has 1 aliphatic carbocycles. The van der Waals surface area contributed by atoms with Crippen molar-refractivity contribution in [1.82, 2.24) is 10.2 Å². The van der Waals surface area contributed by atoms with Crippen molar-refractivity contribution in [1.29, 1.82) is 0 Å². The fourth-order valence-electron chi connectivity index (χ4n) is 4.78. The lowest BCUT2D eigenvalue weighted by Crippen LogP contribution is -2.41. The second kappa shape index (κ2) is 11.0. The Bertz CT molecular complexity index is 847. The van der Waals surface area contributed by atoms with Crippen LogP contribution in [0.3, 0.4) is 0 Å². The van der Waals surface area contributed by atoms with Crippen LogP contribution in [0.2, 0.25) is 0 Å². The minimum atomic E-state index is -0.0810. The van der Waals surface area contributed by atoms with E-state index >= 15 is 0 Å². The van der Waals surface area contributed by atoms with Gasteiger partial charge in [-0.1, -0.05) is 25.0 Å². The average molecular weight is 443 g/mol. The summed E-state index contributed by atoms with van der Waals surface area (Å²) in [7, 11) is 1.60. The van der Waals surface area contributed by atoms with E-state index in [1.165, 1.54) is 43.4 Å². The Balaban J connectivity index is 1.19. The maximum absolute atomic E-state index is 12.3. The molecule has 1 amide bonds. The van der Waals surface area contributed by atoms with E-state index in [2.05, 4.69) is 22.3 Å². The number of hydrogen-bond donors (Lipinski definition) is 1. The fraction of sp³-hybridized carbons (Fsp3) is 0.560. The molecule has 2 fully saturated rings. The zero-order valence-electron chi connectivity index (χ0n) is 18.5. The average Bonchev–Trinajstić information content (AvgIpc) is 3.49. The third-order valence-corrected chi connectivity index (χ3v) is 7.67. The standard InChI is InChI=1S/C25H34N2O3S/c1-29-22-10-4-5-11-23(22)30-18-25(28)26-15-19-7-6-14-27(16-19)17-21-12-13-24(31-21)20-8-2-3-9-20/h4-5,10-13,19-20H,2-3,6-9,14-18H2,1H3,(H,26,28)/t19-/m0/s1. The summed E-state index contributed by atoms with van der Waals surface area (Å²) in [5, 5.41) is 3.06. The molecule has 5 nitrogen and oxygen atoms in total. The van der Waals surface area contributed by atoms with Gasteiger partial charge >= 0.3 is 0 Å². The van der Waals surface area contributed by atoms with Gasteiger partial charge in [-0.3, -0.25) is 9.69 Å². The maximum Gasteiger partial charge on any atom is 0.257 e. The number of methoxy groups -OCH3 is 1. The summed E-state index contributed by atoms with van der Waals surface area (Å²) in [6.45, 7) is 3.96. The number of nitrogens with one attached hydrogen (secondary N) is 1. The number of carbonyl (C=O) groups excluding carboxylic acids is 1. The number of ether oxygens (including phenoxy) is 2. The van der Waals surface area contributed by atoms with E-state index < -0.39 is 0 Å². The zero-order valence-corrected chi connectivity index (χ0v) is 19.3. The number of amides is 1. The van der Waals surface area contributed by atoms with Crippen LogP contribution < -0.4 is 14.8 Å². The molecule has 2 aromatic rings. The third kappa shape index (κ3) is 6.23. The minimum absolute atomic E-state index is 0.00987. The van der Waals surface area contributed by atoms with Crippen molar-refractivity contribution < 1.29 is 14.3 Å². The van der Waals surface area contributed by atoms with E-state index in [-0.39, 0.29) is 12.5 Å². The van der Waals surface area contributed by atoms with Gasteiger partial charge in [0.2, 0.25) is 0 Å². The van der Waals surface area contributed by atoms with Crippen molar-refractivity contribution in [2.24, 2.45) is 5.92 Å². The molecule has 6 heteroatoms. The van der Waals surface area contributed by atoms with Gasteiger partial charge in [0.1, 0.15) is 0 Å². The van der Waals surface area contributed by atoms with Crippen LogP contribution in [0, 0.1) is 5.92 Å². The molecular formula is C25H34N2O3S. The predicted molar refractivity (Wildman–Crippen MR) is 125 cm³/mol. The molecule has 4 rings (SSSR count). The third-order valence-electron chi connectivity index (χ3n) is 6.44. The quantitative estimate of drug-likeness (QED) is 0.605. The van der Waals surface area contributed by atoms with Crippen molar-refractivity contribution in [2.75, 3.05) is 33.4 Å². The highest BCUT2D eigenvalue weighted by atomic mass is 32.1. The Morgan fingerprint density at radius 1 is 1.10 bits per heavy atom. The zero-order chi connectivity index (χ0) is 21.5. The number of hydrogen-bond acceptors (Lipinski definition) is 5. The summed E-state index contributed by atoms with van der Waals surface area (Å²) >= 11 is 2.01. The van der Waals surface area contributed by atoms with Gasteiger partial charge in [0, 0.05) is 29.4 Å². The van der Waals surface area contributed by atoms with Crippen LogP contribution in [-0.4, -0.2) is 44.2 Å². The lowest BCUT2D eigenvalue weighted by Gasteiger charge is -2.32. The van der Waals surface area contributed by atoms with Gasteiger partial charge < -0.3 is 14.8 Å². The number of piperidine rings is 1. The lowest BCUT2D eigenvalue weighted by atomic mass is 9.98. The first-order chi connectivity index (χ1) is 15.2. The second-order valence-corrected chi connectivity index (χ2v) is 9.97. The molecule has 0 radical (unpaired) electrons. The highest BCUT2D eigenvalue weighted by molar-refractivity contribution is 7.12. The number of benzene rings is 1. The Labute approximate surface area is 189 Å². The van der Waals surface area contributed by atoms with Crippen LogP contribution in [0.15, 0.2) is 36.4 Å². The van der Waals surface area contributed by atoms with Crippen LogP contribution in [0.4, 0.5) is 0 Å². The molecule has 0 spiro atoms. The van der Waals surface area contributed by atoms with Crippen LogP contribution >= 0.6 is 11.3 Å². The highest BCUT2D eigenvalue weighted by Crippen LogP contribution is 2.38. The lowest BCUT2D eigenvalue weighted by molar-refractivity contribution is -0.123. The summed E-state index contributed by atoms with van der Waals surface area (Å²) in [4.78, 5) is 17.9. The molecule has 1 atom stereocenters. The molecule has 0 bridgehead atoms. The van der Waals surface area contributed by atoms with Gasteiger partial charge in [-0.05, 0) is 68.3 Å². The van der Waals surface area contributed by atoms with Gasteiger partial charge in [0.05, 0.1) is 7.11 Å². The van der Waals surface area contributed by atoms with Crippen molar-refractivity contribution in [3.05, 3.63) is 46.2 Å². The minimum Gasteiger partial charge on any atom is -0.493 e. The first-order valence-corrected chi connectivity index (χ1v) is 12.4. The Morgan fingerprint density at radius 2 is 1.90 bits per heavy atom. The van der Waals surface area contributed by atoms with Gasteiger partial charge in [0.25, 0.3) is 5.91 Å². The molecule has 0 unspecified atom stereocenters. The van der Waals surface area contributed by atoms with Crippen LogP contribution in [0.25, 0.3) is 0 Å². The number of thiophene rings is 1. The molecule has 2 aliphatic rings. The SMILES string of the molecule is COc1ccccc1OCC(=O)NC[C@@H]1CCCN(Cc2ccc(C3CCCC3)s2)C1. The molecule has 1 saturated heterocycles. The van der Waals surface area contributed by atoms with Crippen LogP contribution in [-0.2, 0) is 11.3 Å². The normalized spacial score (nSPS) is 20.0. The van der Waals surface area contributed by atoms with Crippen molar-refractivity contribution >= 4 is 17.2 Å². The number of para-hydroxylation sites is 2. The second-order valence-electron chi connectivity index (χ2n) is 8.77. The first kappa shape index (κ1) is 22.2. The topological polar surface area (TPSA) is 50.8 Å². The van der Waals surface area contributed by atoms with Gasteiger partial charge in [-0.15, -0.1) is 11.3 Å². The molecule has 1 saturated carbocycles. The molecule has 1 N–H and O–H groups in total. The largest absolute Gasteiger partial charge is 0.493 e. The van der Waals surface area contributed by atoms with E-state index in [9.17, 15) is 4.79 Å². The molecule has 168 valence electrons. The Kier molecular flexibility index (Phi) is 7.86. The molecule has 1 aromatic heterocycles. The van der Waals surface area contributed by atoms with E-state index in [0.29, 0.717) is 24.0 Å². The van der Waals surface area contributed by atoms with Crippen molar-refractivity contribution in [3.63, 3.8) is 0 Å². The highest BCUT2D eigenvalue weighted by Gasteiger charge is 2.23. The van der Waals surface area contributed by atoms with Crippen LogP contribution in [0.1, 0.15) is 54.2 Å². The fourth-order valence-corrected chi connectivity index (χ4v) is 6.01. The van der Waals surface area contributed by atoms with Crippen molar-refractivity contribution in [3.8, 4) is 11.5 Å². The van der Waals surface area contributed by atoms with E-state index in [4.69, 9.17) is 9.47 Å². The van der Waals surface area contributed by atoms with Gasteiger partial charge in [-0.2, -0.15) is 0 Å².